The maximum atomic E-state index is 13.0. The molecule has 2 saturated heterocycles. The summed E-state index contributed by atoms with van der Waals surface area (Å²) >= 11 is 1.31. The van der Waals surface area contributed by atoms with Crippen molar-refractivity contribution in [2.75, 3.05) is 6.26 Å². The van der Waals surface area contributed by atoms with Crippen molar-refractivity contribution >= 4 is 34.9 Å². The van der Waals surface area contributed by atoms with Crippen LogP contribution in [0.2, 0.25) is 0 Å². The summed E-state index contributed by atoms with van der Waals surface area (Å²) in [5, 5.41) is 0.451. The highest BCUT2D eigenvalue weighted by Gasteiger charge is 2.56. The molecule has 2 aromatic heterocycles. The number of esters is 1. The predicted molar refractivity (Wildman–Crippen MR) is 119 cm³/mol. The molecule has 1 amide bonds. The highest BCUT2D eigenvalue weighted by Crippen LogP contribution is 2.46. The highest BCUT2D eigenvalue weighted by atomic mass is 32.2. The Labute approximate surface area is 189 Å². The van der Waals surface area contributed by atoms with Crippen molar-refractivity contribution < 1.29 is 18.7 Å². The Balaban J connectivity index is 1.38. The molecule has 9 heteroatoms. The molecule has 2 aliphatic rings. The average molecular weight is 453 g/mol. The van der Waals surface area contributed by atoms with Crippen LogP contribution in [0.4, 0.5) is 0 Å². The number of hydrogen-bond donors (Lipinski definition) is 1. The summed E-state index contributed by atoms with van der Waals surface area (Å²) in [4.78, 5) is 36.7. The zero-order valence-electron chi connectivity index (χ0n) is 17.7. The Hall–Kier alpha value is -2.91. The summed E-state index contributed by atoms with van der Waals surface area (Å²) in [7, 11) is 0. The maximum Gasteiger partial charge on any atom is 0.360 e. The Morgan fingerprint density at radius 1 is 1.28 bits per heavy atom. The highest BCUT2D eigenvalue weighted by molar-refractivity contribution is 7.98. The number of carbonyl (C=O) groups excluding carboxylic acids is 2. The molecular formula is C23H24N4O4S. The summed E-state index contributed by atoms with van der Waals surface area (Å²) in [6.45, 7) is 0.647. The molecule has 166 valence electrons. The van der Waals surface area contributed by atoms with Gasteiger partial charge in [-0.1, -0.05) is 30.3 Å². The van der Waals surface area contributed by atoms with E-state index in [2.05, 4.69) is 27.0 Å². The second kappa shape index (κ2) is 8.22. The lowest BCUT2D eigenvalue weighted by molar-refractivity contribution is -0.136. The predicted octanol–water partition coefficient (Wildman–Crippen LogP) is 3.15. The smallest absolute Gasteiger partial charge is 0.360 e. The fourth-order valence-electron chi connectivity index (χ4n) is 5.06. The van der Waals surface area contributed by atoms with Gasteiger partial charge in [0, 0.05) is 31.5 Å². The van der Waals surface area contributed by atoms with E-state index in [9.17, 15) is 9.59 Å². The Morgan fingerprint density at radius 3 is 2.84 bits per heavy atom. The molecule has 0 saturated carbocycles. The molecule has 8 nitrogen and oxygen atoms in total. The third-order valence-electron chi connectivity index (χ3n) is 6.56. The fraction of sp³-hybridized carbons (Fsp3) is 0.391. The van der Waals surface area contributed by atoms with Crippen LogP contribution in [0.1, 0.15) is 41.7 Å². The molecular weight excluding hydrogens is 428 g/mol. The Bertz CT molecular complexity index is 1170. The molecule has 3 unspecified atom stereocenters. The number of nitrogens with two attached hydrogens (primary N) is 1. The van der Waals surface area contributed by atoms with Gasteiger partial charge in [0.05, 0.1) is 6.26 Å². The van der Waals surface area contributed by atoms with Gasteiger partial charge >= 0.3 is 5.97 Å². The van der Waals surface area contributed by atoms with Gasteiger partial charge in [0.2, 0.25) is 11.6 Å². The van der Waals surface area contributed by atoms with Crippen LogP contribution < -0.4 is 5.73 Å². The topological polar surface area (TPSA) is 112 Å². The van der Waals surface area contributed by atoms with E-state index in [1.165, 1.54) is 18.0 Å². The van der Waals surface area contributed by atoms with Crippen LogP contribution in [0.5, 0.6) is 0 Å². The number of thioether (sulfide) groups is 1. The van der Waals surface area contributed by atoms with E-state index < -0.39 is 17.6 Å². The van der Waals surface area contributed by atoms with E-state index in [1.807, 2.05) is 24.5 Å². The number of nitrogens with zero attached hydrogens (tertiary/aromatic N) is 3. The van der Waals surface area contributed by atoms with Crippen LogP contribution in [0.3, 0.4) is 0 Å². The Kier molecular flexibility index (Phi) is 5.38. The van der Waals surface area contributed by atoms with Crippen molar-refractivity contribution in [1.29, 1.82) is 0 Å². The van der Waals surface area contributed by atoms with Gasteiger partial charge in [-0.15, -0.1) is 11.8 Å². The number of hydrogen-bond acceptors (Lipinski definition) is 8. The van der Waals surface area contributed by atoms with Crippen molar-refractivity contribution in [2.24, 2.45) is 5.73 Å². The summed E-state index contributed by atoms with van der Waals surface area (Å²) in [5.41, 5.74) is 7.29. The van der Waals surface area contributed by atoms with E-state index in [0.29, 0.717) is 42.1 Å². The number of carbonyl (C=O) groups is 2. The van der Waals surface area contributed by atoms with E-state index in [4.69, 9.17) is 14.9 Å². The quantitative estimate of drug-likeness (QED) is 0.448. The minimum Gasteiger partial charge on any atom is -0.457 e. The van der Waals surface area contributed by atoms with Crippen molar-refractivity contribution in [3.63, 3.8) is 0 Å². The SMILES string of the molecule is CSc1nc2occc2nc1C(=O)OC1CC2CCC(C(N)=O)(C1)N2Cc1ccccc1. The molecule has 2 aliphatic heterocycles. The number of rotatable bonds is 6. The minimum absolute atomic E-state index is 0.122. The molecule has 3 atom stereocenters. The van der Waals surface area contributed by atoms with Gasteiger partial charge in [0.1, 0.15) is 22.2 Å². The van der Waals surface area contributed by atoms with Crippen molar-refractivity contribution in [2.45, 2.75) is 54.9 Å². The molecule has 32 heavy (non-hydrogen) atoms. The second-order valence-corrected chi connectivity index (χ2v) is 9.16. The van der Waals surface area contributed by atoms with E-state index in [0.717, 1.165) is 12.0 Å². The summed E-state index contributed by atoms with van der Waals surface area (Å²) < 4.78 is 11.2. The first-order chi connectivity index (χ1) is 15.5. The lowest BCUT2D eigenvalue weighted by Crippen LogP contribution is -2.60. The average Bonchev–Trinajstić information content (AvgIpc) is 3.33. The van der Waals surface area contributed by atoms with Crippen molar-refractivity contribution in [3.8, 4) is 0 Å². The van der Waals surface area contributed by atoms with Gasteiger partial charge in [-0.2, -0.15) is 0 Å². The van der Waals surface area contributed by atoms with Crippen LogP contribution in [0, 0.1) is 0 Å². The van der Waals surface area contributed by atoms with Gasteiger partial charge < -0.3 is 14.9 Å². The van der Waals surface area contributed by atoms with Gasteiger partial charge in [-0.25, -0.2) is 14.8 Å². The number of primary amides is 1. The molecule has 1 aromatic carbocycles. The molecule has 2 bridgehead atoms. The molecule has 5 rings (SSSR count). The third-order valence-corrected chi connectivity index (χ3v) is 7.23. The zero-order chi connectivity index (χ0) is 22.3. The fourth-order valence-corrected chi connectivity index (χ4v) is 5.55. The summed E-state index contributed by atoms with van der Waals surface area (Å²) in [5.74, 6) is -0.897. The standard InChI is InChI=1S/C23H24N4O4S/c1-32-20-18(25-17-8-10-30-19(17)26-20)21(28)31-16-11-15-7-9-23(12-16,22(24)29)27(15)13-14-5-3-2-4-6-14/h2-6,8,10,15-16H,7,9,11-13H2,1H3,(H2,24,29). The lowest BCUT2D eigenvalue weighted by atomic mass is 9.85. The minimum atomic E-state index is -0.813. The first-order valence-electron chi connectivity index (χ1n) is 10.6. The van der Waals surface area contributed by atoms with E-state index in [1.54, 1.807) is 6.07 Å². The number of furan rings is 1. The van der Waals surface area contributed by atoms with Gasteiger partial charge in [0.25, 0.3) is 0 Å². The van der Waals surface area contributed by atoms with Crippen LogP contribution >= 0.6 is 11.8 Å². The van der Waals surface area contributed by atoms with Crippen LogP contribution in [-0.4, -0.2) is 50.7 Å². The van der Waals surface area contributed by atoms with Crippen molar-refractivity contribution in [3.05, 3.63) is 53.9 Å². The van der Waals surface area contributed by atoms with Crippen LogP contribution in [-0.2, 0) is 16.1 Å². The first-order valence-corrected chi connectivity index (χ1v) is 11.8. The molecule has 2 N–H and O–H groups in total. The molecule has 4 heterocycles. The van der Waals surface area contributed by atoms with Crippen LogP contribution in [0.25, 0.3) is 11.2 Å². The second-order valence-electron chi connectivity index (χ2n) is 8.36. The van der Waals surface area contributed by atoms with E-state index >= 15 is 0 Å². The normalized spacial score (nSPS) is 25.2. The van der Waals surface area contributed by atoms with Crippen molar-refractivity contribution in [1.82, 2.24) is 14.9 Å². The lowest BCUT2D eigenvalue weighted by Gasteiger charge is -2.45. The largest absolute Gasteiger partial charge is 0.457 e. The molecule has 2 fully saturated rings. The van der Waals surface area contributed by atoms with Gasteiger partial charge in [-0.05, 0) is 24.7 Å². The monoisotopic (exact) mass is 452 g/mol. The first kappa shape index (κ1) is 21.0. The molecule has 3 aromatic rings. The number of ether oxygens (including phenoxy) is 1. The third kappa shape index (κ3) is 3.55. The molecule has 0 radical (unpaired) electrons. The Morgan fingerprint density at radius 2 is 2.09 bits per heavy atom. The summed E-state index contributed by atoms with van der Waals surface area (Å²) in [6.07, 6.45) is 5.45. The number of piperidine rings is 1. The number of aromatic nitrogens is 2. The van der Waals surface area contributed by atoms with Gasteiger partial charge in [0.15, 0.2) is 5.69 Å². The maximum absolute atomic E-state index is 13.0. The van der Waals surface area contributed by atoms with Gasteiger partial charge in [-0.3, -0.25) is 9.69 Å². The molecule has 0 aliphatic carbocycles. The number of benzene rings is 1. The van der Waals surface area contributed by atoms with E-state index in [-0.39, 0.29) is 17.6 Å². The summed E-state index contributed by atoms with van der Waals surface area (Å²) in [6, 6.07) is 11.8. The zero-order valence-corrected chi connectivity index (χ0v) is 18.5. The number of fused-ring (bicyclic) bond motifs is 3. The molecule has 0 spiro atoms. The van der Waals surface area contributed by atoms with Crippen LogP contribution in [0.15, 0.2) is 52.1 Å². The number of amides is 1.